The molecule has 106 valence electrons. The van der Waals surface area contributed by atoms with Gasteiger partial charge in [0.2, 0.25) is 10.0 Å². The van der Waals surface area contributed by atoms with E-state index in [1.165, 1.54) is 7.11 Å². The van der Waals surface area contributed by atoms with Crippen molar-refractivity contribution in [2.24, 2.45) is 0 Å². The van der Waals surface area contributed by atoms with Gasteiger partial charge in [0.25, 0.3) is 0 Å². The van der Waals surface area contributed by atoms with Gasteiger partial charge in [-0.3, -0.25) is 0 Å². The summed E-state index contributed by atoms with van der Waals surface area (Å²) in [4.78, 5) is 0.166. The molecule has 0 aromatic heterocycles. The smallest absolute Gasteiger partial charge is 0.244 e. The molecule has 19 heavy (non-hydrogen) atoms. The van der Waals surface area contributed by atoms with Crippen LogP contribution in [0.25, 0.3) is 0 Å². The van der Waals surface area contributed by atoms with Gasteiger partial charge in [0.1, 0.15) is 10.6 Å². The Kier molecular flexibility index (Phi) is 4.50. The Hall–Kier alpha value is -0.630. The summed E-state index contributed by atoms with van der Waals surface area (Å²) in [7, 11) is -2.10. The normalized spacial score (nSPS) is 19.6. The summed E-state index contributed by atoms with van der Waals surface area (Å²) >= 11 is 3.35. The molecule has 5 nitrogen and oxygen atoms in total. The molecule has 1 aromatic carbocycles. The lowest BCUT2D eigenvalue weighted by atomic mass is 10.2. The van der Waals surface area contributed by atoms with Gasteiger partial charge in [-0.2, -0.15) is 0 Å². The van der Waals surface area contributed by atoms with Gasteiger partial charge in [-0.1, -0.05) is 15.9 Å². The number of sulfonamides is 1. The van der Waals surface area contributed by atoms with Crippen molar-refractivity contribution in [3.8, 4) is 5.75 Å². The van der Waals surface area contributed by atoms with Crippen molar-refractivity contribution in [2.75, 3.05) is 20.2 Å². The zero-order chi connectivity index (χ0) is 14.0. The molecule has 0 radical (unpaired) electrons. The molecular weight excluding hydrogens is 332 g/mol. The van der Waals surface area contributed by atoms with Crippen LogP contribution in [-0.4, -0.2) is 34.7 Å². The maximum atomic E-state index is 12.4. The van der Waals surface area contributed by atoms with Crippen molar-refractivity contribution >= 4 is 26.0 Å². The molecule has 1 aliphatic heterocycles. The Morgan fingerprint density at radius 2 is 2.21 bits per heavy atom. The van der Waals surface area contributed by atoms with E-state index >= 15 is 0 Å². The number of rotatable bonds is 4. The molecule has 1 saturated heterocycles. The number of methoxy groups -OCH3 is 1. The topological polar surface area (TPSA) is 67.4 Å². The van der Waals surface area contributed by atoms with E-state index in [1.807, 2.05) is 6.92 Å². The summed E-state index contributed by atoms with van der Waals surface area (Å²) in [6.45, 7) is 3.38. The fraction of sp³-hybridized carbons (Fsp3) is 0.500. The molecule has 1 heterocycles. The highest BCUT2D eigenvalue weighted by molar-refractivity contribution is 9.10. The van der Waals surface area contributed by atoms with Gasteiger partial charge in [0, 0.05) is 17.1 Å². The summed E-state index contributed by atoms with van der Waals surface area (Å²) in [6, 6.07) is 3.24. The van der Waals surface area contributed by atoms with Crippen LogP contribution in [-0.2, 0) is 10.0 Å². The SMILES string of the molecule is COc1cc(C)c(Br)cc1S(=O)(=O)NC1CCNC1. The third-order valence-corrected chi connectivity index (χ3v) is 5.51. The van der Waals surface area contributed by atoms with E-state index in [0.717, 1.165) is 23.0 Å². The number of hydrogen-bond donors (Lipinski definition) is 2. The summed E-state index contributed by atoms with van der Waals surface area (Å²) in [5.41, 5.74) is 0.929. The van der Waals surface area contributed by atoms with Crippen molar-refractivity contribution in [2.45, 2.75) is 24.3 Å². The van der Waals surface area contributed by atoms with E-state index in [2.05, 4.69) is 26.0 Å². The van der Waals surface area contributed by atoms with Gasteiger partial charge < -0.3 is 10.1 Å². The Labute approximate surface area is 121 Å². The molecule has 7 heteroatoms. The summed E-state index contributed by atoms with van der Waals surface area (Å²) < 4.78 is 33.4. The Morgan fingerprint density at radius 1 is 1.47 bits per heavy atom. The van der Waals surface area contributed by atoms with Gasteiger partial charge in [-0.05, 0) is 37.6 Å². The predicted molar refractivity (Wildman–Crippen MR) is 77.0 cm³/mol. The first-order chi connectivity index (χ1) is 8.94. The Morgan fingerprint density at radius 3 is 2.79 bits per heavy atom. The molecular formula is C12H17BrN2O3S. The van der Waals surface area contributed by atoms with Gasteiger partial charge in [0.15, 0.2) is 0 Å². The van der Waals surface area contributed by atoms with Crippen LogP contribution >= 0.6 is 15.9 Å². The van der Waals surface area contributed by atoms with Gasteiger partial charge >= 0.3 is 0 Å². The maximum absolute atomic E-state index is 12.4. The van der Waals surface area contributed by atoms with Gasteiger partial charge in [-0.15, -0.1) is 0 Å². The molecule has 0 aliphatic carbocycles. The molecule has 0 bridgehead atoms. The highest BCUT2D eigenvalue weighted by Crippen LogP contribution is 2.30. The van der Waals surface area contributed by atoms with Crippen molar-refractivity contribution in [3.05, 3.63) is 22.2 Å². The quantitative estimate of drug-likeness (QED) is 0.863. The van der Waals surface area contributed by atoms with Crippen molar-refractivity contribution < 1.29 is 13.2 Å². The summed E-state index contributed by atoms with van der Waals surface area (Å²) in [6.07, 6.45) is 0.800. The van der Waals surface area contributed by atoms with Crippen LogP contribution in [0.4, 0.5) is 0 Å². The number of ether oxygens (including phenoxy) is 1. The summed E-state index contributed by atoms with van der Waals surface area (Å²) in [5.74, 6) is 0.360. The standard InChI is InChI=1S/C12H17BrN2O3S/c1-8-5-11(18-2)12(6-10(8)13)19(16,17)15-9-3-4-14-7-9/h5-6,9,14-15H,3-4,7H2,1-2H3. The highest BCUT2D eigenvalue weighted by Gasteiger charge is 2.26. The first kappa shape index (κ1) is 14.8. The monoisotopic (exact) mass is 348 g/mol. The minimum Gasteiger partial charge on any atom is -0.495 e. The first-order valence-corrected chi connectivity index (χ1v) is 8.29. The number of halogens is 1. The van der Waals surface area contributed by atoms with Crippen molar-refractivity contribution in [1.82, 2.24) is 10.0 Å². The number of nitrogens with one attached hydrogen (secondary N) is 2. The van der Waals surface area contributed by atoms with E-state index in [0.29, 0.717) is 12.3 Å². The van der Waals surface area contributed by atoms with Gasteiger partial charge in [0.05, 0.1) is 7.11 Å². The van der Waals surface area contributed by atoms with Crippen LogP contribution in [0.2, 0.25) is 0 Å². The molecule has 2 rings (SSSR count). The number of hydrogen-bond acceptors (Lipinski definition) is 4. The first-order valence-electron chi connectivity index (χ1n) is 6.01. The Bertz CT molecular complexity index is 569. The van der Waals surface area contributed by atoms with Crippen molar-refractivity contribution in [3.63, 3.8) is 0 Å². The fourth-order valence-corrected chi connectivity index (χ4v) is 3.99. The lowest BCUT2D eigenvalue weighted by molar-refractivity contribution is 0.401. The number of benzene rings is 1. The van der Waals surface area contributed by atoms with Crippen molar-refractivity contribution in [1.29, 1.82) is 0 Å². The largest absolute Gasteiger partial charge is 0.495 e. The lowest BCUT2D eigenvalue weighted by Gasteiger charge is -2.15. The van der Waals surface area contributed by atoms with E-state index < -0.39 is 10.0 Å². The average molecular weight is 349 g/mol. The van der Waals surface area contributed by atoms with E-state index in [-0.39, 0.29) is 10.9 Å². The molecule has 1 aliphatic rings. The number of aryl methyl sites for hydroxylation is 1. The average Bonchev–Trinajstić information content (AvgIpc) is 2.84. The minimum atomic E-state index is -3.57. The molecule has 2 N–H and O–H groups in total. The molecule has 0 spiro atoms. The lowest BCUT2D eigenvalue weighted by Crippen LogP contribution is -2.36. The van der Waals surface area contributed by atoms with E-state index in [9.17, 15) is 8.42 Å². The van der Waals surface area contributed by atoms with Crippen LogP contribution in [0.5, 0.6) is 5.75 Å². The van der Waals surface area contributed by atoms with E-state index in [1.54, 1.807) is 12.1 Å². The Balaban J connectivity index is 2.36. The third-order valence-electron chi connectivity index (χ3n) is 3.12. The predicted octanol–water partition coefficient (Wildman–Crippen LogP) is 1.41. The maximum Gasteiger partial charge on any atom is 0.244 e. The van der Waals surface area contributed by atoms with Crippen LogP contribution in [0.15, 0.2) is 21.5 Å². The molecule has 0 amide bonds. The van der Waals surface area contributed by atoms with Crippen LogP contribution in [0, 0.1) is 6.92 Å². The van der Waals surface area contributed by atoms with Crippen LogP contribution in [0.3, 0.4) is 0 Å². The highest BCUT2D eigenvalue weighted by atomic mass is 79.9. The molecule has 1 unspecified atom stereocenters. The zero-order valence-electron chi connectivity index (χ0n) is 10.9. The molecule has 1 atom stereocenters. The van der Waals surface area contributed by atoms with Crippen LogP contribution in [0.1, 0.15) is 12.0 Å². The third kappa shape index (κ3) is 3.28. The molecule has 0 saturated carbocycles. The van der Waals surface area contributed by atoms with Gasteiger partial charge in [-0.25, -0.2) is 13.1 Å². The minimum absolute atomic E-state index is 0.0604. The second kappa shape index (κ2) is 5.78. The van der Waals surface area contributed by atoms with Crippen LogP contribution < -0.4 is 14.8 Å². The summed E-state index contributed by atoms with van der Waals surface area (Å²) in [5, 5.41) is 3.13. The fourth-order valence-electron chi connectivity index (χ4n) is 2.04. The molecule has 1 fully saturated rings. The second-order valence-corrected chi connectivity index (χ2v) is 7.10. The van der Waals surface area contributed by atoms with E-state index in [4.69, 9.17) is 4.74 Å². The zero-order valence-corrected chi connectivity index (χ0v) is 13.3. The second-order valence-electron chi connectivity index (χ2n) is 4.56. The molecule has 1 aromatic rings.